The SMILES string of the molecule is COCc1cc(N2CCC(N)C2)nc(C)n1. The van der Waals surface area contributed by atoms with Gasteiger partial charge in [-0.1, -0.05) is 0 Å². The van der Waals surface area contributed by atoms with E-state index in [0.717, 1.165) is 36.8 Å². The summed E-state index contributed by atoms with van der Waals surface area (Å²) in [5, 5.41) is 0. The Hall–Kier alpha value is -1.20. The van der Waals surface area contributed by atoms with Crippen LogP contribution in [0.3, 0.4) is 0 Å². The van der Waals surface area contributed by atoms with Crippen molar-refractivity contribution in [1.29, 1.82) is 0 Å². The number of rotatable bonds is 3. The van der Waals surface area contributed by atoms with Gasteiger partial charge < -0.3 is 15.4 Å². The van der Waals surface area contributed by atoms with Gasteiger partial charge in [0, 0.05) is 32.3 Å². The van der Waals surface area contributed by atoms with Gasteiger partial charge in [0.1, 0.15) is 11.6 Å². The largest absolute Gasteiger partial charge is 0.378 e. The summed E-state index contributed by atoms with van der Waals surface area (Å²) in [5.41, 5.74) is 6.81. The van der Waals surface area contributed by atoms with Crippen LogP contribution in [0.2, 0.25) is 0 Å². The van der Waals surface area contributed by atoms with Gasteiger partial charge in [0.05, 0.1) is 12.3 Å². The first-order chi connectivity index (χ1) is 7.69. The Balaban J connectivity index is 2.20. The van der Waals surface area contributed by atoms with E-state index in [-0.39, 0.29) is 6.04 Å². The minimum atomic E-state index is 0.265. The monoisotopic (exact) mass is 222 g/mol. The molecular weight excluding hydrogens is 204 g/mol. The van der Waals surface area contributed by atoms with E-state index in [9.17, 15) is 0 Å². The number of methoxy groups -OCH3 is 1. The first-order valence-corrected chi connectivity index (χ1v) is 5.53. The van der Waals surface area contributed by atoms with Crippen LogP contribution >= 0.6 is 0 Å². The topological polar surface area (TPSA) is 64.3 Å². The molecule has 88 valence electrons. The molecule has 1 aliphatic heterocycles. The standard InChI is InChI=1S/C11H18N4O/c1-8-13-10(7-16-2)5-11(14-8)15-4-3-9(12)6-15/h5,9H,3-4,6-7,12H2,1-2H3. The summed E-state index contributed by atoms with van der Waals surface area (Å²) in [6.07, 6.45) is 1.03. The Labute approximate surface area is 95.6 Å². The molecule has 0 aromatic carbocycles. The quantitative estimate of drug-likeness (QED) is 0.805. The van der Waals surface area contributed by atoms with E-state index < -0.39 is 0 Å². The minimum Gasteiger partial charge on any atom is -0.378 e. The zero-order valence-electron chi connectivity index (χ0n) is 9.81. The fraction of sp³-hybridized carbons (Fsp3) is 0.636. The number of aromatic nitrogens is 2. The molecule has 16 heavy (non-hydrogen) atoms. The second-order valence-electron chi connectivity index (χ2n) is 4.19. The average Bonchev–Trinajstić information content (AvgIpc) is 2.64. The van der Waals surface area contributed by atoms with Crippen molar-refractivity contribution in [3.05, 3.63) is 17.6 Å². The zero-order valence-corrected chi connectivity index (χ0v) is 9.81. The number of hydrogen-bond donors (Lipinski definition) is 1. The maximum Gasteiger partial charge on any atom is 0.132 e. The van der Waals surface area contributed by atoms with Crippen molar-refractivity contribution < 1.29 is 4.74 Å². The number of ether oxygens (including phenoxy) is 1. The first kappa shape index (κ1) is 11.3. The maximum absolute atomic E-state index is 5.89. The number of nitrogens with two attached hydrogens (primary N) is 1. The third-order valence-electron chi connectivity index (χ3n) is 2.72. The molecule has 0 radical (unpaired) electrons. The van der Waals surface area contributed by atoms with Crippen molar-refractivity contribution in [2.75, 3.05) is 25.1 Å². The highest BCUT2D eigenvalue weighted by Gasteiger charge is 2.20. The summed E-state index contributed by atoms with van der Waals surface area (Å²) in [4.78, 5) is 11.0. The van der Waals surface area contributed by atoms with Gasteiger partial charge in [0.25, 0.3) is 0 Å². The van der Waals surface area contributed by atoms with E-state index >= 15 is 0 Å². The van der Waals surface area contributed by atoms with E-state index in [1.807, 2.05) is 13.0 Å². The van der Waals surface area contributed by atoms with Gasteiger partial charge in [-0.25, -0.2) is 9.97 Å². The molecule has 1 atom stereocenters. The Bertz CT molecular complexity index is 369. The molecule has 5 nitrogen and oxygen atoms in total. The highest BCUT2D eigenvalue weighted by molar-refractivity contribution is 5.41. The van der Waals surface area contributed by atoms with Crippen molar-refractivity contribution in [3.63, 3.8) is 0 Å². The summed E-state index contributed by atoms with van der Waals surface area (Å²) in [6.45, 7) is 4.28. The fourth-order valence-electron chi connectivity index (χ4n) is 1.99. The van der Waals surface area contributed by atoms with Gasteiger partial charge in [-0.2, -0.15) is 0 Å². The lowest BCUT2D eigenvalue weighted by atomic mass is 10.3. The molecule has 1 aromatic rings. The van der Waals surface area contributed by atoms with Gasteiger partial charge in [0.15, 0.2) is 0 Å². The number of nitrogens with zero attached hydrogens (tertiary/aromatic N) is 3. The lowest BCUT2D eigenvalue weighted by molar-refractivity contribution is 0.181. The van der Waals surface area contributed by atoms with Crippen molar-refractivity contribution in [2.24, 2.45) is 5.73 Å². The molecule has 1 saturated heterocycles. The van der Waals surface area contributed by atoms with Crippen molar-refractivity contribution >= 4 is 5.82 Å². The normalized spacial score (nSPS) is 20.4. The van der Waals surface area contributed by atoms with Crippen LogP contribution in [0.5, 0.6) is 0 Å². The molecule has 0 bridgehead atoms. The van der Waals surface area contributed by atoms with Crippen LogP contribution in [0.1, 0.15) is 17.9 Å². The molecule has 1 unspecified atom stereocenters. The van der Waals surface area contributed by atoms with Gasteiger partial charge in [-0.15, -0.1) is 0 Å². The minimum absolute atomic E-state index is 0.265. The highest BCUT2D eigenvalue weighted by atomic mass is 16.5. The van der Waals surface area contributed by atoms with Crippen LogP contribution in [0, 0.1) is 6.92 Å². The van der Waals surface area contributed by atoms with E-state index in [2.05, 4.69) is 14.9 Å². The van der Waals surface area contributed by atoms with Gasteiger partial charge in [-0.05, 0) is 13.3 Å². The lowest BCUT2D eigenvalue weighted by Gasteiger charge is -2.17. The summed E-state index contributed by atoms with van der Waals surface area (Å²) >= 11 is 0. The van der Waals surface area contributed by atoms with E-state index in [1.54, 1.807) is 7.11 Å². The van der Waals surface area contributed by atoms with Crippen molar-refractivity contribution in [2.45, 2.75) is 26.0 Å². The Morgan fingerprint density at radius 2 is 2.38 bits per heavy atom. The predicted molar refractivity (Wildman–Crippen MR) is 62.3 cm³/mol. The fourth-order valence-corrected chi connectivity index (χ4v) is 1.99. The predicted octanol–water partition coefficient (Wildman–Crippen LogP) is 0.469. The summed E-state index contributed by atoms with van der Waals surface area (Å²) in [5.74, 6) is 1.75. The smallest absolute Gasteiger partial charge is 0.132 e. The number of anilines is 1. The van der Waals surface area contributed by atoms with E-state index in [1.165, 1.54) is 0 Å². The molecule has 2 rings (SSSR count). The molecule has 1 fully saturated rings. The number of aryl methyl sites for hydroxylation is 1. The summed E-state index contributed by atoms with van der Waals surface area (Å²) in [6, 6.07) is 2.25. The molecule has 0 aliphatic carbocycles. The van der Waals surface area contributed by atoms with E-state index in [0.29, 0.717) is 6.61 Å². The molecule has 2 heterocycles. The van der Waals surface area contributed by atoms with Crippen LogP contribution < -0.4 is 10.6 Å². The second kappa shape index (κ2) is 4.76. The van der Waals surface area contributed by atoms with Gasteiger partial charge >= 0.3 is 0 Å². The Kier molecular flexibility index (Phi) is 3.36. The molecule has 1 aromatic heterocycles. The third kappa shape index (κ3) is 2.48. The molecule has 5 heteroatoms. The lowest BCUT2D eigenvalue weighted by Crippen LogP contribution is -2.27. The molecule has 0 spiro atoms. The maximum atomic E-state index is 5.89. The van der Waals surface area contributed by atoms with Crippen LogP contribution in [-0.4, -0.2) is 36.2 Å². The summed E-state index contributed by atoms with van der Waals surface area (Å²) < 4.78 is 5.09. The first-order valence-electron chi connectivity index (χ1n) is 5.53. The second-order valence-corrected chi connectivity index (χ2v) is 4.19. The Morgan fingerprint density at radius 3 is 3.00 bits per heavy atom. The molecule has 1 aliphatic rings. The van der Waals surface area contributed by atoms with Gasteiger partial charge in [-0.3, -0.25) is 0 Å². The molecule has 0 saturated carbocycles. The Morgan fingerprint density at radius 1 is 1.56 bits per heavy atom. The van der Waals surface area contributed by atoms with Crippen LogP contribution in [0.4, 0.5) is 5.82 Å². The highest BCUT2D eigenvalue weighted by Crippen LogP contribution is 2.18. The zero-order chi connectivity index (χ0) is 11.5. The van der Waals surface area contributed by atoms with Crippen molar-refractivity contribution in [3.8, 4) is 0 Å². The molecule has 2 N–H and O–H groups in total. The molecular formula is C11H18N4O. The average molecular weight is 222 g/mol. The van der Waals surface area contributed by atoms with E-state index in [4.69, 9.17) is 10.5 Å². The van der Waals surface area contributed by atoms with Gasteiger partial charge in [0.2, 0.25) is 0 Å². The number of hydrogen-bond acceptors (Lipinski definition) is 5. The van der Waals surface area contributed by atoms with Crippen LogP contribution in [0.15, 0.2) is 6.07 Å². The van der Waals surface area contributed by atoms with Crippen LogP contribution in [-0.2, 0) is 11.3 Å². The third-order valence-corrected chi connectivity index (χ3v) is 2.72. The van der Waals surface area contributed by atoms with Crippen molar-refractivity contribution in [1.82, 2.24) is 9.97 Å². The summed E-state index contributed by atoms with van der Waals surface area (Å²) in [7, 11) is 1.67. The van der Waals surface area contributed by atoms with Crippen LogP contribution in [0.25, 0.3) is 0 Å². The molecule has 0 amide bonds.